The second-order valence-electron chi connectivity index (χ2n) is 3.06. The smallest absolute Gasteiger partial charge is 0.151 e. The maximum absolute atomic E-state index is 10.5. The molecule has 0 fully saturated rings. The molecule has 1 aromatic heterocycles. The van der Waals surface area contributed by atoms with Crippen molar-refractivity contribution >= 4 is 6.29 Å². The molecule has 13 heavy (non-hydrogen) atoms. The molecule has 0 radical (unpaired) electrons. The van der Waals surface area contributed by atoms with Crippen molar-refractivity contribution in [2.24, 2.45) is 5.73 Å². The van der Waals surface area contributed by atoms with Gasteiger partial charge in [-0.3, -0.25) is 9.78 Å². The molecule has 0 aliphatic carbocycles. The number of carbonyl (C=O) groups is 1. The highest BCUT2D eigenvalue weighted by Gasteiger charge is 2.05. The van der Waals surface area contributed by atoms with Gasteiger partial charge >= 0.3 is 0 Å². The number of rotatable bonds is 4. The normalized spacial score (nSPS) is 12.5. The van der Waals surface area contributed by atoms with Gasteiger partial charge in [-0.25, -0.2) is 0 Å². The van der Waals surface area contributed by atoms with Crippen LogP contribution in [0.15, 0.2) is 18.5 Å². The molecule has 3 nitrogen and oxygen atoms in total. The minimum atomic E-state index is -0.00241. The summed E-state index contributed by atoms with van der Waals surface area (Å²) in [6.45, 7) is 2.08. The molecule has 1 aromatic rings. The summed E-state index contributed by atoms with van der Waals surface area (Å²) >= 11 is 0. The Morgan fingerprint density at radius 3 is 3.00 bits per heavy atom. The third-order valence-electron chi connectivity index (χ3n) is 1.94. The highest BCUT2D eigenvalue weighted by Crippen LogP contribution is 2.14. The molecule has 1 rings (SSSR count). The van der Waals surface area contributed by atoms with Crippen molar-refractivity contribution in [1.82, 2.24) is 4.98 Å². The zero-order valence-electron chi connectivity index (χ0n) is 7.73. The lowest BCUT2D eigenvalue weighted by Crippen LogP contribution is -2.10. The average Bonchev–Trinajstić information content (AvgIpc) is 2.18. The Balaban J connectivity index is 2.81. The molecule has 0 aromatic carbocycles. The minimum absolute atomic E-state index is 0.00241. The molecule has 70 valence electrons. The Bertz CT molecular complexity index is 286. The Hall–Kier alpha value is -1.22. The van der Waals surface area contributed by atoms with Crippen LogP contribution >= 0.6 is 0 Å². The summed E-state index contributed by atoms with van der Waals surface area (Å²) in [4.78, 5) is 14.4. The van der Waals surface area contributed by atoms with Gasteiger partial charge < -0.3 is 5.73 Å². The zero-order valence-corrected chi connectivity index (χ0v) is 7.73. The van der Waals surface area contributed by atoms with E-state index in [0.29, 0.717) is 5.56 Å². The van der Waals surface area contributed by atoms with Crippen molar-refractivity contribution in [2.45, 2.75) is 25.8 Å². The van der Waals surface area contributed by atoms with Crippen molar-refractivity contribution in [3.63, 3.8) is 0 Å². The first-order chi connectivity index (χ1) is 6.27. The van der Waals surface area contributed by atoms with Crippen molar-refractivity contribution in [2.75, 3.05) is 0 Å². The van der Waals surface area contributed by atoms with E-state index in [1.807, 2.05) is 0 Å². The van der Waals surface area contributed by atoms with Gasteiger partial charge in [0.25, 0.3) is 0 Å². The van der Waals surface area contributed by atoms with Crippen LogP contribution in [0.4, 0.5) is 0 Å². The minimum Gasteiger partial charge on any atom is -0.324 e. The van der Waals surface area contributed by atoms with E-state index in [2.05, 4.69) is 11.9 Å². The SMILES string of the molecule is CCC[C@@H](N)c1cncc(C=O)c1. The highest BCUT2D eigenvalue weighted by atomic mass is 16.1. The maximum atomic E-state index is 10.5. The monoisotopic (exact) mass is 178 g/mol. The summed E-state index contributed by atoms with van der Waals surface area (Å²) < 4.78 is 0. The van der Waals surface area contributed by atoms with E-state index < -0.39 is 0 Å². The summed E-state index contributed by atoms with van der Waals surface area (Å²) in [6, 6.07) is 1.79. The predicted molar refractivity (Wildman–Crippen MR) is 51.5 cm³/mol. The van der Waals surface area contributed by atoms with Gasteiger partial charge in [-0.2, -0.15) is 0 Å². The summed E-state index contributed by atoms with van der Waals surface area (Å²) in [5.74, 6) is 0. The first-order valence-corrected chi connectivity index (χ1v) is 4.43. The predicted octanol–water partition coefficient (Wildman–Crippen LogP) is 1.69. The average molecular weight is 178 g/mol. The van der Waals surface area contributed by atoms with Crippen molar-refractivity contribution in [3.05, 3.63) is 29.6 Å². The van der Waals surface area contributed by atoms with Crippen LogP contribution < -0.4 is 5.73 Å². The number of aldehydes is 1. The van der Waals surface area contributed by atoms with Gasteiger partial charge in [0, 0.05) is 24.0 Å². The lowest BCUT2D eigenvalue weighted by Gasteiger charge is -2.09. The number of carbonyl (C=O) groups excluding carboxylic acids is 1. The molecule has 0 bridgehead atoms. The number of hydrogen-bond acceptors (Lipinski definition) is 3. The van der Waals surface area contributed by atoms with Crippen molar-refractivity contribution in [1.29, 1.82) is 0 Å². The molecule has 1 heterocycles. The number of pyridine rings is 1. The third-order valence-corrected chi connectivity index (χ3v) is 1.94. The van der Waals surface area contributed by atoms with Gasteiger partial charge in [-0.05, 0) is 18.1 Å². The molecule has 0 amide bonds. The Morgan fingerprint density at radius 1 is 1.62 bits per heavy atom. The summed E-state index contributed by atoms with van der Waals surface area (Å²) in [5.41, 5.74) is 7.40. The molecule has 0 saturated heterocycles. The quantitative estimate of drug-likeness (QED) is 0.714. The number of aromatic nitrogens is 1. The molecule has 1 atom stereocenters. The second-order valence-corrected chi connectivity index (χ2v) is 3.06. The van der Waals surface area contributed by atoms with Crippen LogP contribution in [0, 0.1) is 0 Å². The third kappa shape index (κ3) is 2.63. The maximum Gasteiger partial charge on any atom is 0.151 e. The second kappa shape index (κ2) is 4.72. The Kier molecular flexibility index (Phi) is 3.58. The fourth-order valence-corrected chi connectivity index (χ4v) is 1.22. The number of hydrogen-bond donors (Lipinski definition) is 1. The van der Waals surface area contributed by atoms with Crippen LogP contribution in [0.1, 0.15) is 41.7 Å². The van der Waals surface area contributed by atoms with Gasteiger partial charge in [0.15, 0.2) is 6.29 Å². The first-order valence-electron chi connectivity index (χ1n) is 4.43. The highest BCUT2D eigenvalue weighted by molar-refractivity contribution is 5.74. The van der Waals surface area contributed by atoms with Gasteiger partial charge in [0.05, 0.1) is 0 Å². The molecule has 0 unspecified atom stereocenters. The standard InChI is InChI=1S/C10H14N2O/c1-2-3-10(11)9-4-8(7-13)5-12-6-9/h4-7,10H,2-3,11H2,1H3/t10-/m1/s1. The summed E-state index contributed by atoms with van der Waals surface area (Å²) in [6.07, 6.45) is 5.99. The van der Waals surface area contributed by atoms with E-state index in [0.717, 1.165) is 24.7 Å². The Morgan fingerprint density at radius 2 is 2.38 bits per heavy atom. The molecule has 0 spiro atoms. The lowest BCUT2D eigenvalue weighted by molar-refractivity contribution is 0.112. The number of nitrogens with two attached hydrogens (primary N) is 1. The fraction of sp³-hybridized carbons (Fsp3) is 0.400. The molecule has 0 saturated carbocycles. The van der Waals surface area contributed by atoms with Crippen LogP contribution in [0.25, 0.3) is 0 Å². The molecule has 0 aliphatic rings. The largest absolute Gasteiger partial charge is 0.324 e. The van der Waals surface area contributed by atoms with Gasteiger partial charge in [0.1, 0.15) is 0 Å². The van der Waals surface area contributed by atoms with Crippen molar-refractivity contribution in [3.8, 4) is 0 Å². The van der Waals surface area contributed by atoms with E-state index in [1.54, 1.807) is 12.3 Å². The summed E-state index contributed by atoms with van der Waals surface area (Å²) in [5, 5.41) is 0. The van der Waals surface area contributed by atoms with E-state index in [1.165, 1.54) is 6.20 Å². The van der Waals surface area contributed by atoms with E-state index in [9.17, 15) is 4.79 Å². The van der Waals surface area contributed by atoms with E-state index in [-0.39, 0.29) is 6.04 Å². The zero-order chi connectivity index (χ0) is 9.68. The van der Waals surface area contributed by atoms with Crippen molar-refractivity contribution < 1.29 is 4.79 Å². The molecular weight excluding hydrogens is 164 g/mol. The fourth-order valence-electron chi connectivity index (χ4n) is 1.22. The van der Waals surface area contributed by atoms with Crippen LogP contribution in [0.3, 0.4) is 0 Å². The molecule has 3 heteroatoms. The summed E-state index contributed by atoms with van der Waals surface area (Å²) in [7, 11) is 0. The van der Waals surface area contributed by atoms with Gasteiger partial charge in [-0.1, -0.05) is 13.3 Å². The first kappa shape index (κ1) is 9.86. The topological polar surface area (TPSA) is 56.0 Å². The molecule has 2 N–H and O–H groups in total. The van der Waals surface area contributed by atoms with Crippen LogP contribution in [0.2, 0.25) is 0 Å². The Labute approximate surface area is 78.0 Å². The molecule has 0 aliphatic heterocycles. The lowest BCUT2D eigenvalue weighted by atomic mass is 10.0. The number of nitrogens with zero attached hydrogens (tertiary/aromatic N) is 1. The molecular formula is C10H14N2O. The van der Waals surface area contributed by atoms with Crippen LogP contribution in [0.5, 0.6) is 0 Å². The van der Waals surface area contributed by atoms with E-state index >= 15 is 0 Å². The van der Waals surface area contributed by atoms with E-state index in [4.69, 9.17) is 5.73 Å². The van der Waals surface area contributed by atoms with Gasteiger partial charge in [0.2, 0.25) is 0 Å². The van der Waals surface area contributed by atoms with Gasteiger partial charge in [-0.15, -0.1) is 0 Å². The van der Waals surface area contributed by atoms with Crippen LogP contribution in [-0.4, -0.2) is 11.3 Å². The van der Waals surface area contributed by atoms with Crippen LogP contribution in [-0.2, 0) is 0 Å².